The van der Waals surface area contributed by atoms with Crippen LogP contribution in [0.3, 0.4) is 0 Å². The second-order valence-electron chi connectivity index (χ2n) is 2.85. The van der Waals surface area contributed by atoms with Gasteiger partial charge in [-0.2, -0.15) is 0 Å². The first kappa shape index (κ1) is 8.55. The van der Waals surface area contributed by atoms with Gasteiger partial charge in [-0.25, -0.2) is 0 Å². The zero-order valence-electron chi connectivity index (χ0n) is 10.1. The lowest BCUT2D eigenvalue weighted by Gasteiger charge is -2.09. The topological polar surface area (TPSA) is 92.8 Å². The molecule has 0 saturated carbocycles. The van der Waals surface area contributed by atoms with Crippen LogP contribution in [-0.4, -0.2) is 29.3 Å². The minimum absolute atomic E-state index is 0.0225. The highest BCUT2D eigenvalue weighted by atomic mass is 16.5. The van der Waals surface area contributed by atoms with Crippen molar-refractivity contribution >= 4 is 5.97 Å². The van der Waals surface area contributed by atoms with E-state index in [2.05, 4.69) is 4.74 Å². The Balaban J connectivity index is 3.11. The van der Waals surface area contributed by atoms with E-state index < -0.39 is 24.1 Å². The Morgan fingerprint density at radius 3 is 2.80 bits per heavy atom. The van der Waals surface area contributed by atoms with Crippen LogP contribution in [-0.2, 0) is 15.9 Å². The fourth-order valence-corrected chi connectivity index (χ4v) is 0.979. The van der Waals surface area contributed by atoms with Gasteiger partial charge in [0.1, 0.15) is 6.04 Å². The maximum atomic E-state index is 11.2. The maximum Gasteiger partial charge on any atom is 0.322 e. The van der Waals surface area contributed by atoms with Gasteiger partial charge < -0.3 is 20.7 Å². The van der Waals surface area contributed by atoms with E-state index in [0.717, 1.165) is 19.2 Å². The van der Waals surface area contributed by atoms with Crippen molar-refractivity contribution in [1.29, 1.82) is 0 Å². The molecule has 0 bridgehead atoms. The zero-order chi connectivity index (χ0) is 13.2. The Kier molecular flexibility index (Phi) is 2.65. The van der Waals surface area contributed by atoms with Gasteiger partial charge in [0.2, 0.25) is 0 Å². The molecular formula is C10H13NO4. The lowest BCUT2D eigenvalue weighted by molar-refractivity contribution is -0.142. The molecule has 0 saturated heterocycles. The lowest BCUT2D eigenvalue weighted by Crippen LogP contribution is -2.33. The van der Waals surface area contributed by atoms with Gasteiger partial charge in [-0.15, -0.1) is 0 Å². The highest BCUT2D eigenvalue weighted by Gasteiger charge is 2.14. The third kappa shape index (κ3) is 2.85. The Morgan fingerprint density at radius 2 is 2.27 bits per heavy atom. The average molecular weight is 213 g/mol. The smallest absolute Gasteiger partial charge is 0.322 e. The number of phenols is 2. The predicted octanol–water partition coefficient (Wildman–Crippen LogP) is 0.141. The summed E-state index contributed by atoms with van der Waals surface area (Å²) in [6.45, 7) is 0. The van der Waals surface area contributed by atoms with Crippen molar-refractivity contribution in [2.75, 3.05) is 7.11 Å². The Labute approximate surface area is 89.9 Å². The Bertz CT molecular complexity index is 436. The van der Waals surface area contributed by atoms with Gasteiger partial charge in [-0.3, -0.25) is 4.79 Å². The van der Waals surface area contributed by atoms with Crippen LogP contribution in [0.5, 0.6) is 11.5 Å². The number of methoxy groups -OCH3 is 1. The largest absolute Gasteiger partial charge is 0.504 e. The first-order valence-corrected chi connectivity index (χ1v) is 4.16. The summed E-state index contributed by atoms with van der Waals surface area (Å²) in [6, 6.07) is 1.85. The summed E-state index contributed by atoms with van der Waals surface area (Å²) in [6.07, 6.45) is -2.21. The summed E-state index contributed by atoms with van der Waals surface area (Å²) < 4.78 is 19.8. The van der Waals surface area contributed by atoms with E-state index in [4.69, 9.17) is 13.6 Å². The molecule has 0 radical (unpaired) electrons. The fourth-order valence-electron chi connectivity index (χ4n) is 0.979. The van der Waals surface area contributed by atoms with E-state index in [1.165, 1.54) is 6.07 Å². The molecule has 0 aromatic heterocycles. The molecule has 1 unspecified atom stereocenters. The minimum atomic E-state index is -2.21. The number of aromatic hydroxyl groups is 2. The van der Waals surface area contributed by atoms with Crippen LogP contribution in [0.1, 0.15) is 8.30 Å². The van der Waals surface area contributed by atoms with Gasteiger partial charge >= 0.3 is 5.97 Å². The highest BCUT2D eigenvalue weighted by molar-refractivity contribution is 5.75. The van der Waals surface area contributed by atoms with Crippen LogP contribution in [0.4, 0.5) is 0 Å². The van der Waals surface area contributed by atoms with Gasteiger partial charge in [0.05, 0.1) is 7.11 Å². The van der Waals surface area contributed by atoms with Crippen molar-refractivity contribution in [2.45, 2.75) is 12.4 Å². The molecule has 82 valence electrons. The summed E-state index contributed by atoms with van der Waals surface area (Å²) in [5, 5.41) is 18.4. The average Bonchev–Trinajstić information content (AvgIpc) is 2.30. The molecule has 15 heavy (non-hydrogen) atoms. The number of rotatable bonds is 3. The van der Waals surface area contributed by atoms with Crippen molar-refractivity contribution in [1.82, 2.24) is 0 Å². The molecule has 1 rings (SSSR count). The number of benzene rings is 1. The third-order valence-corrected chi connectivity index (χ3v) is 1.75. The maximum absolute atomic E-state index is 11.2. The van der Waals surface area contributed by atoms with Crippen LogP contribution in [0.25, 0.3) is 0 Å². The number of hydrogen-bond acceptors (Lipinski definition) is 5. The SMILES string of the molecule is [2H]C([2H])(c1ccc(O)c(O)c1)C(N)C(=O)OC. The van der Waals surface area contributed by atoms with Crippen molar-refractivity contribution < 1.29 is 22.5 Å². The third-order valence-electron chi connectivity index (χ3n) is 1.75. The molecule has 1 aromatic carbocycles. The van der Waals surface area contributed by atoms with Crippen molar-refractivity contribution in [3.05, 3.63) is 23.8 Å². The number of ether oxygens (including phenoxy) is 1. The van der Waals surface area contributed by atoms with Gasteiger partial charge in [0, 0.05) is 2.74 Å². The number of hydrogen-bond donors (Lipinski definition) is 3. The molecule has 0 amide bonds. The summed E-state index contributed by atoms with van der Waals surface area (Å²) in [4.78, 5) is 11.2. The molecule has 1 aromatic rings. The summed E-state index contributed by atoms with van der Waals surface area (Å²) in [5.74, 6) is -1.76. The quantitative estimate of drug-likeness (QED) is 0.490. The number of phenolic OH excluding ortho intramolecular Hbond substituents is 2. The first-order chi connectivity index (χ1) is 7.80. The molecule has 0 aliphatic rings. The second kappa shape index (κ2) is 4.65. The molecule has 0 spiro atoms. The van der Waals surface area contributed by atoms with E-state index in [1.807, 2.05) is 0 Å². The van der Waals surface area contributed by atoms with Crippen LogP contribution >= 0.6 is 0 Å². The molecule has 4 N–H and O–H groups in total. The minimum Gasteiger partial charge on any atom is -0.504 e. The van der Waals surface area contributed by atoms with Crippen LogP contribution < -0.4 is 5.73 Å². The normalized spacial score (nSPS) is 15.1. The number of esters is 1. The van der Waals surface area contributed by atoms with Crippen molar-refractivity contribution in [3.8, 4) is 11.5 Å². The van der Waals surface area contributed by atoms with E-state index in [0.29, 0.717) is 0 Å². The number of nitrogens with two attached hydrogens (primary N) is 1. The number of carbonyl (C=O) groups is 1. The van der Waals surface area contributed by atoms with Gasteiger partial charge in [0.25, 0.3) is 0 Å². The van der Waals surface area contributed by atoms with Crippen LogP contribution in [0.15, 0.2) is 18.2 Å². The van der Waals surface area contributed by atoms with E-state index in [9.17, 15) is 9.90 Å². The molecule has 0 aliphatic carbocycles. The molecule has 0 aliphatic heterocycles. The van der Waals surface area contributed by atoms with Crippen LogP contribution in [0, 0.1) is 0 Å². The van der Waals surface area contributed by atoms with E-state index >= 15 is 0 Å². The van der Waals surface area contributed by atoms with E-state index in [1.54, 1.807) is 0 Å². The zero-order valence-corrected chi connectivity index (χ0v) is 8.10. The molecule has 5 heteroatoms. The molecular weight excluding hydrogens is 198 g/mol. The molecule has 0 heterocycles. The van der Waals surface area contributed by atoms with E-state index in [-0.39, 0.29) is 11.3 Å². The summed E-state index contributed by atoms with van der Waals surface area (Å²) in [7, 11) is 1.10. The highest BCUT2D eigenvalue weighted by Crippen LogP contribution is 2.25. The Hall–Kier alpha value is -1.75. The van der Waals surface area contributed by atoms with Gasteiger partial charge in [-0.1, -0.05) is 6.07 Å². The van der Waals surface area contributed by atoms with Crippen LogP contribution in [0.2, 0.25) is 0 Å². The number of carbonyl (C=O) groups excluding carboxylic acids is 1. The molecule has 5 nitrogen and oxygen atoms in total. The van der Waals surface area contributed by atoms with Gasteiger partial charge in [-0.05, 0) is 24.1 Å². The lowest BCUT2D eigenvalue weighted by atomic mass is 10.1. The van der Waals surface area contributed by atoms with Crippen molar-refractivity contribution in [3.63, 3.8) is 0 Å². The summed E-state index contributed by atoms with van der Waals surface area (Å²) in [5.41, 5.74) is 5.41. The summed E-state index contributed by atoms with van der Waals surface area (Å²) >= 11 is 0. The monoisotopic (exact) mass is 213 g/mol. The van der Waals surface area contributed by atoms with Gasteiger partial charge in [0.15, 0.2) is 11.5 Å². The van der Waals surface area contributed by atoms with Crippen molar-refractivity contribution in [2.24, 2.45) is 5.73 Å². The second-order valence-corrected chi connectivity index (χ2v) is 2.85. The Morgan fingerprint density at radius 1 is 1.60 bits per heavy atom. The predicted molar refractivity (Wildman–Crippen MR) is 53.5 cm³/mol. The molecule has 1 atom stereocenters. The standard InChI is InChI=1S/C10H13NO4/c1-15-10(14)7(11)4-6-2-3-8(12)9(13)5-6/h2-3,5,7,12-13H,4,11H2,1H3/i4D2. The fraction of sp³-hybridized carbons (Fsp3) is 0.300. The molecule has 0 fully saturated rings. The first-order valence-electron chi connectivity index (χ1n) is 5.16.